The monoisotopic (exact) mass is 313 g/mol. The highest BCUT2D eigenvalue weighted by Gasteiger charge is 2.19. The summed E-state index contributed by atoms with van der Waals surface area (Å²) >= 11 is 0. The fourth-order valence-electron chi connectivity index (χ4n) is 2.36. The molecule has 0 aliphatic rings. The van der Waals surface area contributed by atoms with Crippen LogP contribution in [0.15, 0.2) is 17.0 Å². The average Bonchev–Trinajstić information content (AvgIpc) is 2.31. The summed E-state index contributed by atoms with van der Waals surface area (Å²) in [5.74, 6) is 0.500. The maximum atomic E-state index is 12.4. The lowest BCUT2D eigenvalue weighted by Gasteiger charge is -2.13. The van der Waals surface area contributed by atoms with Crippen LogP contribution in [0.1, 0.15) is 37.0 Å². The molecular formula is C16H27NO3S. The van der Waals surface area contributed by atoms with Crippen molar-refractivity contribution in [3.8, 4) is 0 Å². The van der Waals surface area contributed by atoms with Crippen molar-refractivity contribution in [3.05, 3.63) is 28.8 Å². The van der Waals surface area contributed by atoms with Crippen molar-refractivity contribution < 1.29 is 13.2 Å². The second-order valence-corrected chi connectivity index (χ2v) is 7.65. The van der Waals surface area contributed by atoms with E-state index in [9.17, 15) is 8.42 Å². The molecule has 1 rings (SSSR count). The third-order valence-electron chi connectivity index (χ3n) is 3.08. The molecule has 1 N–H and O–H groups in total. The summed E-state index contributed by atoms with van der Waals surface area (Å²) in [7, 11) is -3.45. The van der Waals surface area contributed by atoms with Crippen molar-refractivity contribution in [2.45, 2.75) is 45.9 Å². The molecular weight excluding hydrogens is 286 g/mol. The Labute approximate surface area is 129 Å². The Morgan fingerprint density at radius 1 is 1.14 bits per heavy atom. The molecule has 1 aromatic carbocycles. The van der Waals surface area contributed by atoms with E-state index in [-0.39, 0.29) is 0 Å². The SMILES string of the molecule is Cc1cc(C)c(S(=O)(=O)NCCCOCC(C)C)c(C)c1. The Morgan fingerprint density at radius 2 is 1.71 bits per heavy atom. The van der Waals surface area contributed by atoms with E-state index in [1.807, 2.05) is 32.9 Å². The molecule has 0 aliphatic heterocycles. The summed E-state index contributed by atoms with van der Waals surface area (Å²) in [6.07, 6.45) is 0.676. The Morgan fingerprint density at radius 3 is 2.24 bits per heavy atom. The number of hydrogen-bond acceptors (Lipinski definition) is 3. The zero-order valence-electron chi connectivity index (χ0n) is 13.7. The van der Waals surface area contributed by atoms with Crippen LogP contribution in [-0.4, -0.2) is 28.2 Å². The summed E-state index contributed by atoms with van der Waals surface area (Å²) in [4.78, 5) is 0.399. The van der Waals surface area contributed by atoms with Crippen molar-refractivity contribution in [2.24, 2.45) is 5.92 Å². The van der Waals surface area contributed by atoms with Gasteiger partial charge in [0.15, 0.2) is 0 Å². The van der Waals surface area contributed by atoms with Gasteiger partial charge in [0.1, 0.15) is 0 Å². The van der Waals surface area contributed by atoms with Gasteiger partial charge < -0.3 is 4.74 Å². The van der Waals surface area contributed by atoms with E-state index >= 15 is 0 Å². The molecule has 4 nitrogen and oxygen atoms in total. The van der Waals surface area contributed by atoms with Crippen molar-refractivity contribution in [3.63, 3.8) is 0 Å². The van der Waals surface area contributed by atoms with Crippen LogP contribution in [0, 0.1) is 26.7 Å². The van der Waals surface area contributed by atoms with Crippen LogP contribution < -0.4 is 4.72 Å². The highest BCUT2D eigenvalue weighted by molar-refractivity contribution is 7.89. The molecule has 0 saturated heterocycles. The summed E-state index contributed by atoms with van der Waals surface area (Å²) < 4.78 is 32.8. The third-order valence-corrected chi connectivity index (χ3v) is 4.85. The van der Waals surface area contributed by atoms with E-state index < -0.39 is 10.0 Å². The first-order valence-corrected chi connectivity index (χ1v) is 8.87. The first kappa shape index (κ1) is 18.1. The second-order valence-electron chi connectivity index (χ2n) is 5.95. The molecule has 0 radical (unpaired) electrons. The van der Waals surface area contributed by atoms with Crippen molar-refractivity contribution in [1.29, 1.82) is 0 Å². The minimum Gasteiger partial charge on any atom is -0.381 e. The average molecular weight is 313 g/mol. The van der Waals surface area contributed by atoms with E-state index in [1.54, 1.807) is 0 Å². The van der Waals surface area contributed by atoms with Gasteiger partial charge in [0.25, 0.3) is 0 Å². The third kappa shape index (κ3) is 5.77. The highest BCUT2D eigenvalue weighted by atomic mass is 32.2. The number of rotatable bonds is 8. The lowest BCUT2D eigenvalue weighted by molar-refractivity contribution is 0.108. The minimum absolute atomic E-state index is 0.396. The number of aryl methyl sites for hydroxylation is 3. The smallest absolute Gasteiger partial charge is 0.241 e. The predicted octanol–water partition coefficient (Wildman–Crippen LogP) is 2.95. The van der Waals surface area contributed by atoms with Gasteiger partial charge in [0.05, 0.1) is 4.90 Å². The van der Waals surface area contributed by atoms with Gasteiger partial charge in [0.2, 0.25) is 10.0 Å². The molecule has 1 aromatic rings. The Kier molecular flexibility index (Phi) is 6.84. The number of nitrogens with one attached hydrogen (secondary N) is 1. The van der Waals surface area contributed by atoms with Gasteiger partial charge in [0, 0.05) is 19.8 Å². The fraction of sp³-hybridized carbons (Fsp3) is 0.625. The standard InChI is InChI=1S/C16H27NO3S/c1-12(2)11-20-8-6-7-17-21(18,19)16-14(4)9-13(3)10-15(16)5/h9-10,12,17H,6-8,11H2,1-5H3. The number of ether oxygens (including phenoxy) is 1. The molecule has 0 spiro atoms. The Balaban J connectivity index is 2.59. The number of hydrogen-bond donors (Lipinski definition) is 1. The van der Waals surface area contributed by atoms with Gasteiger partial charge in [-0.3, -0.25) is 0 Å². The fourth-order valence-corrected chi connectivity index (χ4v) is 3.89. The summed E-state index contributed by atoms with van der Waals surface area (Å²) in [6.45, 7) is 11.5. The summed E-state index contributed by atoms with van der Waals surface area (Å²) in [5.41, 5.74) is 2.65. The molecule has 0 aromatic heterocycles. The Bertz CT molecular complexity index is 542. The molecule has 0 bridgehead atoms. The molecule has 0 fully saturated rings. The minimum atomic E-state index is -3.45. The van der Waals surface area contributed by atoms with Crippen molar-refractivity contribution in [1.82, 2.24) is 4.72 Å². The van der Waals surface area contributed by atoms with E-state index in [0.29, 0.717) is 37.0 Å². The molecule has 120 valence electrons. The number of benzene rings is 1. The first-order valence-electron chi connectivity index (χ1n) is 7.39. The van der Waals surface area contributed by atoms with Crippen LogP contribution in [0.3, 0.4) is 0 Å². The lowest BCUT2D eigenvalue weighted by Crippen LogP contribution is -2.27. The van der Waals surface area contributed by atoms with E-state index in [0.717, 1.165) is 16.7 Å². The van der Waals surface area contributed by atoms with Gasteiger partial charge >= 0.3 is 0 Å². The zero-order valence-corrected chi connectivity index (χ0v) is 14.5. The molecule has 21 heavy (non-hydrogen) atoms. The normalized spacial score (nSPS) is 12.1. The van der Waals surface area contributed by atoms with Gasteiger partial charge in [-0.2, -0.15) is 0 Å². The van der Waals surface area contributed by atoms with Gasteiger partial charge in [-0.25, -0.2) is 13.1 Å². The van der Waals surface area contributed by atoms with Gasteiger partial charge in [-0.1, -0.05) is 31.5 Å². The summed E-state index contributed by atoms with van der Waals surface area (Å²) in [5, 5.41) is 0. The molecule has 0 saturated carbocycles. The first-order chi connectivity index (χ1) is 9.74. The molecule has 0 unspecified atom stereocenters. The Hall–Kier alpha value is -0.910. The lowest BCUT2D eigenvalue weighted by atomic mass is 10.1. The molecule has 0 amide bonds. The van der Waals surface area contributed by atoms with E-state index in [4.69, 9.17) is 4.74 Å². The highest BCUT2D eigenvalue weighted by Crippen LogP contribution is 2.21. The molecule has 0 atom stereocenters. The van der Waals surface area contributed by atoms with Crippen LogP contribution in [-0.2, 0) is 14.8 Å². The van der Waals surface area contributed by atoms with E-state index in [1.165, 1.54) is 0 Å². The maximum absolute atomic E-state index is 12.4. The van der Waals surface area contributed by atoms with Crippen LogP contribution in [0.5, 0.6) is 0 Å². The topological polar surface area (TPSA) is 55.4 Å². The van der Waals surface area contributed by atoms with Crippen LogP contribution in [0.2, 0.25) is 0 Å². The largest absolute Gasteiger partial charge is 0.381 e. The quantitative estimate of drug-likeness (QED) is 0.751. The molecule has 0 aliphatic carbocycles. The van der Waals surface area contributed by atoms with Crippen molar-refractivity contribution >= 4 is 10.0 Å². The second kappa shape index (κ2) is 7.92. The van der Waals surface area contributed by atoms with Crippen LogP contribution >= 0.6 is 0 Å². The number of sulfonamides is 1. The zero-order chi connectivity index (χ0) is 16.0. The molecule has 5 heteroatoms. The van der Waals surface area contributed by atoms with Gasteiger partial charge in [-0.15, -0.1) is 0 Å². The summed E-state index contributed by atoms with van der Waals surface area (Å²) in [6, 6.07) is 3.79. The van der Waals surface area contributed by atoms with Crippen LogP contribution in [0.4, 0.5) is 0 Å². The maximum Gasteiger partial charge on any atom is 0.241 e. The predicted molar refractivity (Wildman–Crippen MR) is 86.1 cm³/mol. The molecule has 0 heterocycles. The van der Waals surface area contributed by atoms with Crippen molar-refractivity contribution in [2.75, 3.05) is 19.8 Å². The van der Waals surface area contributed by atoms with Crippen LogP contribution in [0.25, 0.3) is 0 Å². The van der Waals surface area contributed by atoms with E-state index in [2.05, 4.69) is 18.6 Å². The van der Waals surface area contributed by atoms with Gasteiger partial charge in [-0.05, 0) is 44.2 Å².